The Hall–Kier alpha value is -2.08. The number of piperidine rings is 1. The highest BCUT2D eigenvalue weighted by Crippen LogP contribution is 2.38. The number of para-hydroxylation sites is 1. The van der Waals surface area contributed by atoms with Gasteiger partial charge in [0.2, 0.25) is 11.8 Å². The van der Waals surface area contributed by atoms with Gasteiger partial charge in [0.1, 0.15) is 11.3 Å². The molecule has 3 rings (SSSR count). The summed E-state index contributed by atoms with van der Waals surface area (Å²) in [5, 5.41) is 0. The molecule has 1 aromatic rings. The molecule has 1 aromatic carbocycles. The number of nitrogens with zero attached hydrogens (tertiary/aromatic N) is 2. The molecule has 2 aliphatic rings. The van der Waals surface area contributed by atoms with Crippen LogP contribution in [0.15, 0.2) is 24.3 Å². The quantitative estimate of drug-likeness (QED) is 0.735. The van der Waals surface area contributed by atoms with Gasteiger partial charge in [0, 0.05) is 33.2 Å². The number of ether oxygens (including phenoxy) is 2. The van der Waals surface area contributed by atoms with Gasteiger partial charge in [-0.15, -0.1) is 0 Å². The first kappa shape index (κ1) is 19.7. The minimum atomic E-state index is -0.635. The van der Waals surface area contributed by atoms with Crippen molar-refractivity contribution in [3.05, 3.63) is 29.8 Å². The Balaban J connectivity index is 1.69. The fourth-order valence-corrected chi connectivity index (χ4v) is 4.49. The Bertz CT molecular complexity index is 678. The fraction of sp³-hybridized carbons (Fsp3) is 0.619. The Morgan fingerprint density at radius 3 is 2.63 bits per heavy atom. The Morgan fingerprint density at radius 1 is 1.15 bits per heavy atom. The number of benzene rings is 1. The lowest BCUT2D eigenvalue weighted by molar-refractivity contribution is -0.155. The average molecular weight is 374 g/mol. The zero-order valence-corrected chi connectivity index (χ0v) is 16.4. The molecule has 0 aromatic heterocycles. The number of methoxy groups -OCH3 is 2. The number of hydrogen-bond donors (Lipinski definition) is 0. The highest BCUT2D eigenvalue weighted by atomic mass is 16.5. The van der Waals surface area contributed by atoms with Crippen LogP contribution in [0.3, 0.4) is 0 Å². The molecule has 6 nitrogen and oxygen atoms in total. The zero-order valence-electron chi connectivity index (χ0n) is 16.4. The molecule has 6 heteroatoms. The molecule has 2 fully saturated rings. The number of carbonyl (C=O) groups is 2. The van der Waals surface area contributed by atoms with Crippen LogP contribution >= 0.6 is 0 Å². The van der Waals surface area contributed by atoms with Gasteiger partial charge < -0.3 is 19.3 Å². The first-order valence-electron chi connectivity index (χ1n) is 9.83. The summed E-state index contributed by atoms with van der Waals surface area (Å²) in [6.07, 6.45) is 4.39. The van der Waals surface area contributed by atoms with Crippen molar-refractivity contribution in [2.24, 2.45) is 0 Å². The van der Waals surface area contributed by atoms with Crippen LogP contribution in [0.4, 0.5) is 0 Å². The molecule has 1 spiro atoms. The molecule has 2 heterocycles. The normalized spacial score (nSPS) is 22.5. The Morgan fingerprint density at radius 2 is 1.89 bits per heavy atom. The molecule has 0 saturated carbocycles. The van der Waals surface area contributed by atoms with Crippen molar-refractivity contribution in [2.75, 3.05) is 40.5 Å². The third kappa shape index (κ3) is 3.95. The first-order valence-corrected chi connectivity index (χ1v) is 9.83. The number of hydrogen-bond acceptors (Lipinski definition) is 4. The second kappa shape index (κ2) is 8.74. The van der Waals surface area contributed by atoms with Gasteiger partial charge in [-0.25, -0.2) is 0 Å². The van der Waals surface area contributed by atoms with E-state index >= 15 is 0 Å². The van der Waals surface area contributed by atoms with Crippen LogP contribution in [0.1, 0.15) is 37.7 Å². The van der Waals surface area contributed by atoms with Gasteiger partial charge in [0.15, 0.2) is 0 Å². The predicted octanol–water partition coefficient (Wildman–Crippen LogP) is 2.26. The number of aryl methyl sites for hydroxylation is 1. The van der Waals surface area contributed by atoms with E-state index < -0.39 is 5.54 Å². The molecule has 0 radical (unpaired) electrons. The summed E-state index contributed by atoms with van der Waals surface area (Å²) in [4.78, 5) is 30.0. The average Bonchev–Trinajstić information content (AvgIpc) is 3.12. The third-order valence-electron chi connectivity index (χ3n) is 5.86. The van der Waals surface area contributed by atoms with E-state index in [2.05, 4.69) is 0 Å². The summed E-state index contributed by atoms with van der Waals surface area (Å²) in [5.74, 6) is 0.982. The van der Waals surface area contributed by atoms with E-state index in [1.165, 1.54) is 0 Å². The maximum absolute atomic E-state index is 13.2. The molecule has 2 amide bonds. The Labute approximate surface area is 161 Å². The Kier molecular flexibility index (Phi) is 6.37. The molecule has 148 valence electrons. The summed E-state index contributed by atoms with van der Waals surface area (Å²) in [7, 11) is 3.29. The maximum Gasteiger partial charge on any atom is 0.248 e. The molecule has 0 N–H and O–H groups in total. The highest BCUT2D eigenvalue weighted by Gasteiger charge is 2.52. The van der Waals surface area contributed by atoms with Gasteiger partial charge in [0.05, 0.1) is 13.7 Å². The molecule has 2 saturated heterocycles. The van der Waals surface area contributed by atoms with Crippen molar-refractivity contribution < 1.29 is 19.1 Å². The molecule has 1 unspecified atom stereocenters. The molecule has 2 aliphatic heterocycles. The van der Waals surface area contributed by atoms with E-state index in [4.69, 9.17) is 9.47 Å². The van der Waals surface area contributed by atoms with Crippen molar-refractivity contribution >= 4 is 11.8 Å². The molecule has 0 bridgehead atoms. The first-order chi connectivity index (χ1) is 13.1. The van der Waals surface area contributed by atoms with Gasteiger partial charge >= 0.3 is 0 Å². The van der Waals surface area contributed by atoms with E-state index in [1.54, 1.807) is 14.2 Å². The fourth-order valence-electron chi connectivity index (χ4n) is 4.49. The maximum atomic E-state index is 13.2. The van der Waals surface area contributed by atoms with Gasteiger partial charge in [-0.2, -0.15) is 0 Å². The molecular weight excluding hydrogens is 344 g/mol. The van der Waals surface area contributed by atoms with Crippen molar-refractivity contribution in [1.82, 2.24) is 9.80 Å². The van der Waals surface area contributed by atoms with Crippen molar-refractivity contribution in [1.29, 1.82) is 0 Å². The number of likely N-dealkylation sites (tertiary alicyclic amines) is 2. The van der Waals surface area contributed by atoms with Gasteiger partial charge in [-0.3, -0.25) is 9.59 Å². The van der Waals surface area contributed by atoms with Crippen molar-refractivity contribution in [2.45, 2.75) is 44.1 Å². The van der Waals surface area contributed by atoms with Gasteiger partial charge in [0.25, 0.3) is 0 Å². The second-order valence-corrected chi connectivity index (χ2v) is 7.38. The third-order valence-corrected chi connectivity index (χ3v) is 5.86. The van der Waals surface area contributed by atoms with Crippen LogP contribution in [0.25, 0.3) is 0 Å². The van der Waals surface area contributed by atoms with E-state index in [0.717, 1.165) is 43.5 Å². The molecule has 0 aliphatic carbocycles. The van der Waals surface area contributed by atoms with Gasteiger partial charge in [-0.1, -0.05) is 18.2 Å². The molecular formula is C21H30N2O4. The smallest absolute Gasteiger partial charge is 0.248 e. The van der Waals surface area contributed by atoms with Crippen LogP contribution in [-0.2, 0) is 20.7 Å². The van der Waals surface area contributed by atoms with Crippen molar-refractivity contribution in [3.8, 4) is 5.75 Å². The summed E-state index contributed by atoms with van der Waals surface area (Å²) in [6, 6.07) is 7.78. The lowest BCUT2D eigenvalue weighted by Gasteiger charge is -2.44. The minimum absolute atomic E-state index is 0.0698. The summed E-state index contributed by atoms with van der Waals surface area (Å²) >= 11 is 0. The number of rotatable bonds is 7. The lowest BCUT2D eigenvalue weighted by atomic mass is 9.85. The predicted molar refractivity (Wildman–Crippen MR) is 103 cm³/mol. The number of carbonyl (C=O) groups excluding carboxylic acids is 2. The van der Waals surface area contributed by atoms with E-state index in [-0.39, 0.29) is 11.8 Å². The number of amides is 2. The monoisotopic (exact) mass is 374 g/mol. The van der Waals surface area contributed by atoms with E-state index in [9.17, 15) is 9.59 Å². The van der Waals surface area contributed by atoms with Crippen LogP contribution in [0.2, 0.25) is 0 Å². The van der Waals surface area contributed by atoms with Crippen LogP contribution in [-0.4, -0.2) is 67.6 Å². The lowest BCUT2D eigenvalue weighted by Crippen LogP contribution is -2.61. The van der Waals surface area contributed by atoms with Gasteiger partial charge in [-0.05, 0) is 43.7 Å². The minimum Gasteiger partial charge on any atom is -0.496 e. The SMILES string of the molecule is COCCN1CCCC2(CCCN2C(=O)CCc2ccccc2OC)C1=O. The van der Waals surface area contributed by atoms with E-state index in [1.807, 2.05) is 34.1 Å². The topological polar surface area (TPSA) is 59.1 Å². The van der Waals surface area contributed by atoms with Crippen LogP contribution in [0.5, 0.6) is 5.75 Å². The summed E-state index contributed by atoms with van der Waals surface area (Å²) in [6.45, 7) is 2.56. The zero-order chi connectivity index (χ0) is 19.3. The highest BCUT2D eigenvalue weighted by molar-refractivity contribution is 5.92. The molecule has 1 atom stereocenters. The molecule has 27 heavy (non-hydrogen) atoms. The summed E-state index contributed by atoms with van der Waals surface area (Å²) < 4.78 is 10.5. The summed E-state index contributed by atoms with van der Waals surface area (Å²) in [5.41, 5.74) is 0.391. The largest absolute Gasteiger partial charge is 0.496 e. The van der Waals surface area contributed by atoms with Crippen LogP contribution < -0.4 is 4.74 Å². The van der Waals surface area contributed by atoms with E-state index in [0.29, 0.717) is 32.5 Å². The second-order valence-electron chi connectivity index (χ2n) is 7.38. The standard InChI is InChI=1S/C21H30N2O4/c1-26-16-15-22-13-5-11-21(20(22)25)12-6-14-23(21)19(24)10-9-17-7-3-4-8-18(17)27-2/h3-4,7-8H,5-6,9-16H2,1-2H3. The van der Waals surface area contributed by atoms with Crippen LogP contribution in [0, 0.1) is 0 Å². The van der Waals surface area contributed by atoms with Crippen molar-refractivity contribution in [3.63, 3.8) is 0 Å².